The number of alkyl halides is 2. The highest BCUT2D eigenvalue weighted by Gasteiger charge is 2.26. The second-order valence-electron chi connectivity index (χ2n) is 6.20. The minimum atomic E-state index is -2.83. The molecule has 2 heterocycles. The fraction of sp³-hybridized carbons (Fsp3) is 0.421. The lowest BCUT2D eigenvalue weighted by atomic mass is 10.2. The number of hydrogen-bond donors (Lipinski definition) is 2. The summed E-state index contributed by atoms with van der Waals surface area (Å²) in [5, 5.41) is 8.76. The van der Waals surface area contributed by atoms with Gasteiger partial charge in [0.2, 0.25) is 0 Å². The van der Waals surface area contributed by atoms with Crippen LogP contribution in [0.1, 0.15) is 18.2 Å². The normalized spacial score (nSPS) is 16.8. The smallest absolute Gasteiger partial charge is 0.387 e. The van der Waals surface area contributed by atoms with Gasteiger partial charge in [0.15, 0.2) is 5.96 Å². The van der Waals surface area contributed by atoms with Crippen LogP contribution in [0.4, 0.5) is 14.5 Å². The maximum absolute atomic E-state index is 12.6. The molecule has 0 radical (unpaired) electrons. The number of para-hydroxylation sites is 2. The van der Waals surface area contributed by atoms with Gasteiger partial charge in [-0.25, -0.2) is 4.99 Å². The van der Waals surface area contributed by atoms with Gasteiger partial charge in [-0.15, -0.1) is 35.3 Å². The van der Waals surface area contributed by atoms with Crippen molar-refractivity contribution in [1.82, 2.24) is 10.6 Å². The standard InChI is InChI=1S/C19H24F2N4OS.HI/c1-2-22-19(23-12-15-6-5-11-27-15)24-14-9-10-25(13-14)16-7-3-4-8-17(16)26-18(20)21;/h3-8,11,14,18H,2,9-10,12-13H2,1H3,(H2,22,23,24);1H. The summed E-state index contributed by atoms with van der Waals surface area (Å²) in [6.45, 7) is 2.08. The lowest BCUT2D eigenvalue weighted by Crippen LogP contribution is -2.44. The van der Waals surface area contributed by atoms with Gasteiger partial charge in [-0.3, -0.25) is 0 Å². The molecule has 1 aliphatic heterocycles. The van der Waals surface area contributed by atoms with Gasteiger partial charge in [-0.05, 0) is 36.9 Å². The summed E-state index contributed by atoms with van der Waals surface area (Å²) in [4.78, 5) is 7.91. The molecule has 1 fully saturated rings. The van der Waals surface area contributed by atoms with Gasteiger partial charge in [0.25, 0.3) is 0 Å². The molecule has 5 nitrogen and oxygen atoms in total. The predicted octanol–water partition coefficient (Wildman–Crippen LogP) is 4.30. The molecule has 0 bridgehead atoms. The van der Waals surface area contributed by atoms with Crippen molar-refractivity contribution in [2.75, 3.05) is 24.5 Å². The third-order valence-electron chi connectivity index (χ3n) is 4.27. The molecule has 1 aromatic carbocycles. The number of guanidine groups is 1. The minimum absolute atomic E-state index is 0. The van der Waals surface area contributed by atoms with Crippen LogP contribution in [0.5, 0.6) is 5.75 Å². The average Bonchev–Trinajstić information content (AvgIpc) is 3.32. The highest BCUT2D eigenvalue weighted by molar-refractivity contribution is 14.0. The Morgan fingerprint density at radius 3 is 2.86 bits per heavy atom. The second-order valence-corrected chi connectivity index (χ2v) is 7.23. The number of benzene rings is 1. The SMILES string of the molecule is CCNC(=NCc1cccs1)NC1CCN(c2ccccc2OC(F)F)C1.I. The quantitative estimate of drug-likeness (QED) is 0.324. The number of ether oxygens (including phenoxy) is 1. The molecule has 1 aromatic heterocycles. The average molecular weight is 522 g/mol. The van der Waals surface area contributed by atoms with Crippen molar-refractivity contribution in [2.45, 2.75) is 32.5 Å². The summed E-state index contributed by atoms with van der Waals surface area (Å²) in [6.07, 6.45) is 0.895. The van der Waals surface area contributed by atoms with E-state index in [1.807, 2.05) is 30.5 Å². The number of halogens is 3. The van der Waals surface area contributed by atoms with Crippen LogP contribution in [-0.2, 0) is 6.54 Å². The molecule has 1 aliphatic rings. The van der Waals surface area contributed by atoms with E-state index in [0.717, 1.165) is 25.5 Å². The fourth-order valence-corrected chi connectivity index (χ4v) is 3.71. The van der Waals surface area contributed by atoms with Gasteiger partial charge in [0.1, 0.15) is 5.75 Å². The van der Waals surface area contributed by atoms with Gasteiger partial charge < -0.3 is 20.3 Å². The summed E-state index contributed by atoms with van der Waals surface area (Å²) in [5.74, 6) is 0.987. The Morgan fingerprint density at radius 2 is 2.14 bits per heavy atom. The van der Waals surface area contributed by atoms with Crippen LogP contribution in [0.25, 0.3) is 0 Å². The summed E-state index contributed by atoms with van der Waals surface area (Å²) < 4.78 is 30.0. The predicted molar refractivity (Wildman–Crippen MR) is 121 cm³/mol. The zero-order valence-electron chi connectivity index (χ0n) is 15.6. The summed E-state index contributed by atoms with van der Waals surface area (Å²) in [5.41, 5.74) is 0.697. The number of rotatable bonds is 7. The van der Waals surface area contributed by atoms with E-state index >= 15 is 0 Å². The van der Waals surface area contributed by atoms with Crippen molar-refractivity contribution >= 4 is 47.0 Å². The van der Waals surface area contributed by atoms with Crippen LogP contribution in [0.3, 0.4) is 0 Å². The van der Waals surface area contributed by atoms with Gasteiger partial charge in [-0.1, -0.05) is 18.2 Å². The monoisotopic (exact) mass is 522 g/mol. The van der Waals surface area contributed by atoms with E-state index in [1.165, 1.54) is 4.88 Å². The number of nitrogens with one attached hydrogen (secondary N) is 2. The van der Waals surface area contributed by atoms with Crippen molar-refractivity contribution in [1.29, 1.82) is 0 Å². The number of aliphatic imine (C=N–C) groups is 1. The van der Waals surface area contributed by atoms with E-state index in [-0.39, 0.29) is 35.8 Å². The highest BCUT2D eigenvalue weighted by Crippen LogP contribution is 2.31. The molecule has 0 amide bonds. The van der Waals surface area contributed by atoms with Crippen molar-refractivity contribution in [3.05, 3.63) is 46.7 Å². The van der Waals surface area contributed by atoms with E-state index in [4.69, 9.17) is 0 Å². The van der Waals surface area contributed by atoms with Crippen molar-refractivity contribution in [3.63, 3.8) is 0 Å². The molecular formula is C19H25F2IN4OS. The fourth-order valence-electron chi connectivity index (χ4n) is 3.08. The van der Waals surface area contributed by atoms with E-state index in [1.54, 1.807) is 23.5 Å². The van der Waals surface area contributed by atoms with Gasteiger partial charge >= 0.3 is 6.61 Å². The van der Waals surface area contributed by atoms with Gasteiger partial charge in [0, 0.05) is 30.6 Å². The third kappa shape index (κ3) is 6.47. The minimum Gasteiger partial charge on any atom is -0.433 e. The summed E-state index contributed by atoms with van der Waals surface area (Å²) in [7, 11) is 0. The largest absolute Gasteiger partial charge is 0.433 e. The van der Waals surface area contributed by atoms with Crippen molar-refractivity contribution < 1.29 is 13.5 Å². The Kier molecular flexibility index (Phi) is 9.23. The second kappa shape index (κ2) is 11.4. The molecule has 0 aliphatic carbocycles. The van der Waals surface area contributed by atoms with E-state index in [0.29, 0.717) is 18.8 Å². The number of thiophene rings is 1. The van der Waals surface area contributed by atoms with E-state index in [2.05, 4.69) is 31.3 Å². The number of nitrogens with zero attached hydrogens (tertiary/aromatic N) is 2. The maximum Gasteiger partial charge on any atom is 0.387 e. The first-order valence-corrected chi connectivity index (χ1v) is 9.89. The Balaban J connectivity index is 0.00000280. The zero-order valence-corrected chi connectivity index (χ0v) is 18.8. The van der Waals surface area contributed by atoms with Crippen LogP contribution in [0, 0.1) is 0 Å². The highest BCUT2D eigenvalue weighted by atomic mass is 127. The van der Waals surface area contributed by atoms with Gasteiger partial charge in [0.05, 0.1) is 12.2 Å². The van der Waals surface area contributed by atoms with Crippen molar-refractivity contribution in [3.8, 4) is 5.75 Å². The molecule has 9 heteroatoms. The number of anilines is 1. The Morgan fingerprint density at radius 1 is 1.32 bits per heavy atom. The van der Waals surface area contributed by atoms with Crippen LogP contribution in [0.15, 0.2) is 46.8 Å². The summed E-state index contributed by atoms with van der Waals surface area (Å²) >= 11 is 1.68. The Bertz CT molecular complexity index is 745. The lowest BCUT2D eigenvalue weighted by molar-refractivity contribution is -0.0495. The Hall–Kier alpha value is -1.62. The first kappa shape index (κ1) is 22.7. The molecule has 1 unspecified atom stereocenters. The maximum atomic E-state index is 12.6. The molecule has 154 valence electrons. The Labute approximate surface area is 185 Å². The molecule has 0 saturated carbocycles. The van der Waals surface area contributed by atoms with Gasteiger partial charge in [-0.2, -0.15) is 8.78 Å². The van der Waals surface area contributed by atoms with Crippen LogP contribution in [-0.4, -0.2) is 38.2 Å². The molecule has 28 heavy (non-hydrogen) atoms. The van der Waals surface area contributed by atoms with E-state index in [9.17, 15) is 8.78 Å². The van der Waals surface area contributed by atoms with Crippen molar-refractivity contribution in [2.24, 2.45) is 4.99 Å². The topological polar surface area (TPSA) is 48.9 Å². The molecular weight excluding hydrogens is 497 g/mol. The van der Waals surface area contributed by atoms with E-state index < -0.39 is 6.61 Å². The number of hydrogen-bond acceptors (Lipinski definition) is 4. The summed E-state index contributed by atoms with van der Waals surface area (Å²) in [6, 6.07) is 11.2. The van der Waals surface area contributed by atoms with Crippen LogP contribution in [0.2, 0.25) is 0 Å². The van der Waals surface area contributed by atoms with Crippen LogP contribution >= 0.6 is 35.3 Å². The first-order valence-electron chi connectivity index (χ1n) is 9.01. The molecule has 2 aromatic rings. The lowest BCUT2D eigenvalue weighted by Gasteiger charge is -2.22. The molecule has 3 rings (SSSR count). The first-order chi connectivity index (χ1) is 13.2. The molecule has 1 saturated heterocycles. The van der Waals surface area contributed by atoms with Crippen LogP contribution < -0.4 is 20.3 Å². The molecule has 1 atom stereocenters. The molecule has 2 N–H and O–H groups in total. The zero-order chi connectivity index (χ0) is 19.1. The third-order valence-corrected chi connectivity index (χ3v) is 5.13. The molecule has 0 spiro atoms.